The topological polar surface area (TPSA) is 94.1 Å². The second kappa shape index (κ2) is 8.32. The number of benzene rings is 1. The molecule has 3 N–H and O–H groups in total. The van der Waals surface area contributed by atoms with Crippen LogP contribution in [0, 0.1) is 6.92 Å². The summed E-state index contributed by atoms with van der Waals surface area (Å²) in [6, 6.07) is 5.51. The van der Waals surface area contributed by atoms with Gasteiger partial charge in [0.15, 0.2) is 0 Å². The molecule has 1 aromatic carbocycles. The molecular formula is C12H18F3NO4S. The summed E-state index contributed by atoms with van der Waals surface area (Å²) < 4.78 is 68.6. The van der Waals surface area contributed by atoms with Crippen molar-refractivity contribution in [1.82, 2.24) is 0 Å². The van der Waals surface area contributed by atoms with Crippen LogP contribution in [0.1, 0.15) is 18.9 Å². The molecule has 0 heterocycles. The molecule has 0 bridgehead atoms. The van der Waals surface area contributed by atoms with Gasteiger partial charge >= 0.3 is 6.36 Å². The SMILES string of the molecule is CC[C@H]([NH3+])COC(F)(F)F.Cc1ccc(S(=O)(=O)[O-])cc1. The molecule has 0 spiro atoms. The van der Waals surface area contributed by atoms with Crippen molar-refractivity contribution in [3.63, 3.8) is 0 Å². The second-order valence-electron chi connectivity index (χ2n) is 4.30. The number of rotatable bonds is 4. The average molecular weight is 329 g/mol. The summed E-state index contributed by atoms with van der Waals surface area (Å²) in [4.78, 5) is -0.178. The van der Waals surface area contributed by atoms with E-state index in [2.05, 4.69) is 10.5 Å². The molecule has 21 heavy (non-hydrogen) atoms. The minimum Gasteiger partial charge on any atom is -0.744 e. The number of quaternary nitrogens is 1. The van der Waals surface area contributed by atoms with Crippen molar-refractivity contribution in [2.24, 2.45) is 0 Å². The number of aryl methyl sites for hydroxylation is 1. The molecule has 0 amide bonds. The summed E-state index contributed by atoms with van der Waals surface area (Å²) >= 11 is 0. The lowest BCUT2D eigenvalue weighted by Crippen LogP contribution is -2.63. The molecule has 5 nitrogen and oxygen atoms in total. The van der Waals surface area contributed by atoms with Crippen molar-refractivity contribution < 1.29 is 36.6 Å². The largest absolute Gasteiger partial charge is 0.744 e. The summed E-state index contributed by atoms with van der Waals surface area (Å²) in [7, 11) is -4.27. The van der Waals surface area contributed by atoms with Gasteiger partial charge in [0.2, 0.25) is 0 Å². The van der Waals surface area contributed by atoms with Gasteiger partial charge in [-0.15, -0.1) is 13.2 Å². The lowest BCUT2D eigenvalue weighted by molar-refractivity contribution is -0.445. The zero-order valence-electron chi connectivity index (χ0n) is 11.7. The third-order valence-electron chi connectivity index (χ3n) is 2.37. The van der Waals surface area contributed by atoms with Gasteiger partial charge in [-0.05, 0) is 25.5 Å². The number of halogens is 3. The molecule has 1 rings (SSSR count). The number of alkyl halides is 3. The fraction of sp³-hybridized carbons (Fsp3) is 0.500. The Morgan fingerprint density at radius 3 is 2.10 bits per heavy atom. The molecule has 0 aliphatic rings. The van der Waals surface area contributed by atoms with Gasteiger partial charge in [-0.2, -0.15) is 0 Å². The van der Waals surface area contributed by atoms with Crippen LogP contribution in [-0.2, 0) is 14.9 Å². The normalized spacial score (nSPS) is 13.3. The molecule has 0 saturated heterocycles. The van der Waals surface area contributed by atoms with E-state index in [0.29, 0.717) is 6.42 Å². The lowest BCUT2D eigenvalue weighted by Gasteiger charge is -2.08. The van der Waals surface area contributed by atoms with Gasteiger partial charge in [0.1, 0.15) is 22.8 Å². The van der Waals surface area contributed by atoms with Crippen LogP contribution >= 0.6 is 0 Å². The van der Waals surface area contributed by atoms with Crippen molar-refractivity contribution in [2.45, 2.75) is 37.6 Å². The molecule has 0 saturated carbocycles. The van der Waals surface area contributed by atoms with Crippen LogP contribution in [0.3, 0.4) is 0 Å². The maximum absolute atomic E-state index is 11.3. The van der Waals surface area contributed by atoms with Crippen molar-refractivity contribution in [3.8, 4) is 0 Å². The summed E-state index contributed by atoms with van der Waals surface area (Å²) in [5, 5.41) is 0. The molecular weight excluding hydrogens is 311 g/mol. The first-order chi connectivity index (χ1) is 9.45. The van der Waals surface area contributed by atoms with E-state index in [9.17, 15) is 26.1 Å². The van der Waals surface area contributed by atoms with Crippen molar-refractivity contribution in [3.05, 3.63) is 29.8 Å². The zero-order valence-corrected chi connectivity index (χ0v) is 12.5. The first kappa shape index (κ1) is 19.8. The highest BCUT2D eigenvalue weighted by atomic mass is 32.2. The van der Waals surface area contributed by atoms with Crippen LogP contribution in [0.25, 0.3) is 0 Å². The van der Waals surface area contributed by atoms with Crippen LogP contribution in [0.15, 0.2) is 29.2 Å². The molecule has 0 unspecified atom stereocenters. The Bertz CT molecular complexity index is 514. The molecule has 0 radical (unpaired) electrons. The van der Waals surface area contributed by atoms with Crippen molar-refractivity contribution >= 4 is 10.1 Å². The Hall–Kier alpha value is -1.16. The van der Waals surface area contributed by atoms with Crippen LogP contribution in [-0.4, -0.2) is 32.0 Å². The van der Waals surface area contributed by atoms with Crippen molar-refractivity contribution in [2.75, 3.05) is 6.61 Å². The Balaban J connectivity index is 0.000000384. The third kappa shape index (κ3) is 10.2. The van der Waals surface area contributed by atoms with Crippen LogP contribution in [0.5, 0.6) is 0 Å². The first-order valence-electron chi connectivity index (χ1n) is 6.02. The molecule has 9 heteroatoms. The molecule has 122 valence electrons. The zero-order chi connectivity index (χ0) is 16.7. The van der Waals surface area contributed by atoms with E-state index in [4.69, 9.17) is 0 Å². The minimum atomic E-state index is -4.51. The Morgan fingerprint density at radius 1 is 1.29 bits per heavy atom. The summed E-state index contributed by atoms with van der Waals surface area (Å²) in [5.41, 5.74) is 4.36. The molecule has 0 fully saturated rings. The van der Waals surface area contributed by atoms with Crippen LogP contribution < -0.4 is 5.73 Å². The number of hydrogen-bond donors (Lipinski definition) is 1. The van der Waals surface area contributed by atoms with Gasteiger partial charge in [-0.1, -0.05) is 24.6 Å². The van der Waals surface area contributed by atoms with E-state index in [0.717, 1.165) is 5.56 Å². The van der Waals surface area contributed by atoms with Crippen LogP contribution in [0.2, 0.25) is 0 Å². The molecule has 1 aromatic rings. The van der Waals surface area contributed by atoms with Gasteiger partial charge in [0, 0.05) is 0 Å². The number of ether oxygens (including phenoxy) is 1. The van der Waals surface area contributed by atoms with Gasteiger partial charge in [0.25, 0.3) is 0 Å². The molecule has 0 aromatic heterocycles. The smallest absolute Gasteiger partial charge is 0.522 e. The van der Waals surface area contributed by atoms with Crippen molar-refractivity contribution in [1.29, 1.82) is 0 Å². The predicted molar refractivity (Wildman–Crippen MR) is 68.1 cm³/mol. The van der Waals surface area contributed by atoms with Gasteiger partial charge < -0.3 is 10.3 Å². The first-order valence-corrected chi connectivity index (χ1v) is 7.43. The highest BCUT2D eigenvalue weighted by Gasteiger charge is 2.30. The Labute approximate surface area is 121 Å². The molecule has 1 atom stereocenters. The summed E-state index contributed by atoms with van der Waals surface area (Å²) in [6.07, 6.45) is -3.92. The second-order valence-corrected chi connectivity index (χ2v) is 5.68. The minimum absolute atomic E-state index is 0.178. The lowest BCUT2D eigenvalue weighted by atomic mass is 10.2. The van der Waals surface area contributed by atoms with E-state index < -0.39 is 16.5 Å². The monoisotopic (exact) mass is 329 g/mol. The van der Waals surface area contributed by atoms with E-state index in [1.165, 1.54) is 12.1 Å². The van der Waals surface area contributed by atoms with E-state index in [1.54, 1.807) is 19.1 Å². The molecule has 0 aliphatic carbocycles. The molecule has 0 aliphatic heterocycles. The fourth-order valence-corrected chi connectivity index (χ4v) is 1.50. The highest BCUT2D eigenvalue weighted by molar-refractivity contribution is 7.85. The van der Waals surface area contributed by atoms with E-state index in [-0.39, 0.29) is 17.5 Å². The van der Waals surface area contributed by atoms with E-state index >= 15 is 0 Å². The standard InChI is InChI=1S/C7H8O3S.C5H10F3NO/c1-6-2-4-7(5-3-6)11(8,9)10;1-2-4(9)3-10-5(6,7)8/h2-5H,1H3,(H,8,9,10);4H,2-3,9H2,1H3/t;4-/m.0/s1. The predicted octanol–water partition coefficient (Wildman–Crippen LogP) is 1.44. The maximum Gasteiger partial charge on any atom is 0.522 e. The van der Waals surface area contributed by atoms with Crippen LogP contribution in [0.4, 0.5) is 13.2 Å². The van der Waals surface area contributed by atoms with Gasteiger partial charge in [0.05, 0.1) is 4.90 Å². The Morgan fingerprint density at radius 2 is 1.76 bits per heavy atom. The van der Waals surface area contributed by atoms with E-state index in [1.807, 2.05) is 6.92 Å². The number of hydrogen-bond acceptors (Lipinski definition) is 4. The fourth-order valence-electron chi connectivity index (χ4n) is 1.04. The third-order valence-corrected chi connectivity index (χ3v) is 3.22. The van der Waals surface area contributed by atoms with Gasteiger partial charge in [-0.3, -0.25) is 4.74 Å². The summed E-state index contributed by atoms with van der Waals surface area (Å²) in [5.74, 6) is 0. The average Bonchev–Trinajstić information content (AvgIpc) is 2.35. The maximum atomic E-state index is 11.3. The van der Waals surface area contributed by atoms with Gasteiger partial charge in [-0.25, -0.2) is 8.42 Å². The quantitative estimate of drug-likeness (QED) is 0.846. The Kier molecular flexibility index (Phi) is 7.86. The summed E-state index contributed by atoms with van der Waals surface area (Å²) in [6.45, 7) is 3.23. The highest BCUT2D eigenvalue weighted by Crippen LogP contribution is 2.15.